The molecule has 0 aliphatic rings. The first-order chi connectivity index (χ1) is 16.8. The van der Waals surface area contributed by atoms with Crippen molar-refractivity contribution in [2.75, 3.05) is 33.2 Å². The normalized spacial score (nSPS) is 10.7. The number of amides is 1. The van der Waals surface area contributed by atoms with Gasteiger partial charge in [-0.25, -0.2) is 9.36 Å². The summed E-state index contributed by atoms with van der Waals surface area (Å²) in [5, 5.41) is 3.09. The first kappa shape index (κ1) is 23.6. The maximum Gasteiger partial charge on any atom is 0.334 e. The number of methoxy groups -OCH3 is 2. The molecular weight excluding hydrogens is 450 g/mol. The zero-order valence-corrected chi connectivity index (χ0v) is 19.8. The van der Waals surface area contributed by atoms with Gasteiger partial charge in [0.1, 0.15) is 5.82 Å². The van der Waals surface area contributed by atoms with Crippen molar-refractivity contribution in [3.8, 4) is 17.4 Å². The number of aromatic amines is 1. The lowest BCUT2D eigenvalue weighted by atomic mass is 10.1. The van der Waals surface area contributed by atoms with Crippen molar-refractivity contribution in [2.24, 2.45) is 0 Å². The van der Waals surface area contributed by atoms with Gasteiger partial charge in [-0.3, -0.25) is 9.59 Å². The van der Waals surface area contributed by atoms with Crippen molar-refractivity contribution >= 4 is 22.5 Å². The van der Waals surface area contributed by atoms with Crippen molar-refractivity contribution in [1.82, 2.24) is 19.9 Å². The number of anilines is 1. The number of pyridine rings is 1. The van der Waals surface area contributed by atoms with Crippen LogP contribution in [0.3, 0.4) is 0 Å². The van der Waals surface area contributed by atoms with Crippen LogP contribution in [0.25, 0.3) is 16.7 Å². The highest BCUT2D eigenvalue weighted by molar-refractivity contribution is 5.97. The van der Waals surface area contributed by atoms with Gasteiger partial charge in [0.25, 0.3) is 17.3 Å². The van der Waals surface area contributed by atoms with Gasteiger partial charge in [-0.2, -0.15) is 4.98 Å². The third-order valence-electron chi connectivity index (χ3n) is 5.52. The average molecular weight is 476 g/mol. The van der Waals surface area contributed by atoms with E-state index in [9.17, 15) is 14.4 Å². The van der Waals surface area contributed by atoms with Crippen LogP contribution < -0.4 is 30.9 Å². The van der Waals surface area contributed by atoms with Crippen molar-refractivity contribution in [2.45, 2.75) is 6.54 Å². The fraction of sp³-hybridized carbons (Fsp3) is 0.200. The Balaban J connectivity index is 1.61. The molecule has 0 saturated heterocycles. The number of nitrogens with zero attached hydrogens (tertiary/aromatic N) is 3. The second kappa shape index (κ2) is 9.72. The fourth-order valence-electron chi connectivity index (χ4n) is 3.61. The molecule has 2 aromatic heterocycles. The van der Waals surface area contributed by atoms with E-state index in [1.807, 2.05) is 43.3 Å². The fourth-order valence-corrected chi connectivity index (χ4v) is 3.61. The number of aromatic nitrogens is 3. The van der Waals surface area contributed by atoms with Crippen LogP contribution in [0.5, 0.6) is 11.6 Å². The van der Waals surface area contributed by atoms with Crippen molar-refractivity contribution in [3.63, 3.8) is 0 Å². The van der Waals surface area contributed by atoms with Crippen LogP contribution in [0.4, 0.5) is 5.69 Å². The largest absolute Gasteiger partial charge is 0.491 e. The lowest BCUT2D eigenvalue weighted by Gasteiger charge is -2.13. The smallest absolute Gasteiger partial charge is 0.334 e. The van der Waals surface area contributed by atoms with Crippen LogP contribution in [-0.4, -0.2) is 48.8 Å². The van der Waals surface area contributed by atoms with E-state index in [0.29, 0.717) is 17.9 Å². The molecule has 0 aliphatic heterocycles. The highest BCUT2D eigenvalue weighted by atomic mass is 16.5. The molecule has 0 radical (unpaired) electrons. The molecule has 4 rings (SSSR count). The second-order valence-corrected chi connectivity index (χ2v) is 7.96. The predicted octanol–water partition coefficient (Wildman–Crippen LogP) is 2.09. The number of rotatable bonds is 7. The molecule has 0 atom stereocenters. The maximum atomic E-state index is 13.1. The van der Waals surface area contributed by atoms with Gasteiger partial charge in [-0.1, -0.05) is 12.1 Å². The second-order valence-electron chi connectivity index (χ2n) is 7.96. The van der Waals surface area contributed by atoms with E-state index in [2.05, 4.69) is 15.3 Å². The minimum absolute atomic E-state index is 0.0814. The molecule has 1 amide bonds. The Morgan fingerprint density at radius 3 is 2.43 bits per heavy atom. The lowest BCUT2D eigenvalue weighted by Crippen LogP contribution is -2.34. The molecule has 0 saturated carbocycles. The Morgan fingerprint density at radius 2 is 1.77 bits per heavy atom. The Kier molecular flexibility index (Phi) is 6.54. The summed E-state index contributed by atoms with van der Waals surface area (Å²) in [5.41, 5.74) is 1.31. The maximum absolute atomic E-state index is 13.1. The average Bonchev–Trinajstić information content (AvgIpc) is 2.87. The Bertz CT molecular complexity index is 1510. The van der Waals surface area contributed by atoms with Crippen LogP contribution in [-0.2, 0) is 6.54 Å². The van der Waals surface area contributed by atoms with Gasteiger partial charge in [0.05, 0.1) is 25.1 Å². The van der Waals surface area contributed by atoms with Crippen LogP contribution in [0, 0.1) is 0 Å². The van der Waals surface area contributed by atoms with Gasteiger partial charge >= 0.3 is 5.69 Å². The Hall–Kier alpha value is -4.60. The number of hydrogen-bond acceptors (Lipinski definition) is 7. The van der Waals surface area contributed by atoms with E-state index in [4.69, 9.17) is 9.47 Å². The SMILES string of the molecule is COc1ccc(-n2c(=O)[nH]c3cc(C(=O)NCc4ccc(N(C)C)cc4)ccc3c2=O)nc1OC. The number of carbonyl (C=O) groups is 1. The van der Waals surface area contributed by atoms with E-state index in [0.717, 1.165) is 15.8 Å². The number of benzene rings is 2. The third-order valence-corrected chi connectivity index (χ3v) is 5.52. The van der Waals surface area contributed by atoms with E-state index >= 15 is 0 Å². The van der Waals surface area contributed by atoms with Gasteiger partial charge in [0.15, 0.2) is 5.75 Å². The first-order valence-corrected chi connectivity index (χ1v) is 10.8. The van der Waals surface area contributed by atoms with Crippen LogP contribution in [0.2, 0.25) is 0 Å². The molecule has 0 spiro atoms. The van der Waals surface area contributed by atoms with Gasteiger partial charge in [-0.15, -0.1) is 0 Å². The van der Waals surface area contributed by atoms with Gasteiger partial charge in [-0.05, 0) is 48.0 Å². The molecule has 10 heteroatoms. The van der Waals surface area contributed by atoms with E-state index in [1.54, 1.807) is 12.1 Å². The molecule has 10 nitrogen and oxygen atoms in total. The Labute approximate surface area is 200 Å². The number of hydrogen-bond donors (Lipinski definition) is 2. The van der Waals surface area contributed by atoms with Crippen LogP contribution in [0.1, 0.15) is 15.9 Å². The highest BCUT2D eigenvalue weighted by Crippen LogP contribution is 2.24. The van der Waals surface area contributed by atoms with E-state index < -0.39 is 11.2 Å². The summed E-state index contributed by atoms with van der Waals surface area (Å²) in [4.78, 5) is 47.4. The van der Waals surface area contributed by atoms with Gasteiger partial charge < -0.3 is 24.7 Å². The van der Waals surface area contributed by atoms with E-state index in [1.165, 1.54) is 32.4 Å². The highest BCUT2D eigenvalue weighted by Gasteiger charge is 2.15. The minimum Gasteiger partial charge on any atom is -0.491 e. The lowest BCUT2D eigenvalue weighted by molar-refractivity contribution is 0.0951. The minimum atomic E-state index is -0.694. The standard InChI is InChI=1S/C25H25N5O5/c1-29(2)17-8-5-15(6-9-17)14-26-22(31)16-7-10-18-19(13-16)27-25(33)30(24(18)32)21-12-11-20(34-3)23(28-21)35-4/h5-13H,14H2,1-4H3,(H,26,31)(H,27,33). The molecule has 0 bridgehead atoms. The van der Waals surface area contributed by atoms with Crippen molar-refractivity contribution in [1.29, 1.82) is 0 Å². The van der Waals surface area contributed by atoms with Crippen LogP contribution >= 0.6 is 0 Å². The third kappa shape index (κ3) is 4.72. The van der Waals surface area contributed by atoms with Crippen LogP contribution in [0.15, 0.2) is 64.2 Å². The zero-order valence-electron chi connectivity index (χ0n) is 19.8. The van der Waals surface area contributed by atoms with Gasteiger partial charge in [0, 0.05) is 31.9 Å². The number of carbonyl (C=O) groups excluding carboxylic acids is 1. The van der Waals surface area contributed by atoms with Crippen molar-refractivity contribution < 1.29 is 14.3 Å². The van der Waals surface area contributed by atoms with Gasteiger partial charge in [0.2, 0.25) is 0 Å². The molecule has 2 N–H and O–H groups in total. The summed E-state index contributed by atoms with van der Waals surface area (Å²) in [7, 11) is 6.79. The topological polar surface area (TPSA) is 119 Å². The summed E-state index contributed by atoms with van der Waals surface area (Å²) in [6.07, 6.45) is 0. The summed E-state index contributed by atoms with van der Waals surface area (Å²) < 4.78 is 11.2. The zero-order chi connectivity index (χ0) is 25.1. The summed E-state index contributed by atoms with van der Waals surface area (Å²) in [5.74, 6) is 0.263. The summed E-state index contributed by atoms with van der Waals surface area (Å²) in [6.45, 7) is 0.341. The molecule has 0 unspecified atom stereocenters. The Morgan fingerprint density at radius 1 is 1.03 bits per heavy atom. The number of nitrogens with one attached hydrogen (secondary N) is 2. The number of ether oxygens (including phenoxy) is 2. The molecule has 4 aromatic rings. The predicted molar refractivity (Wildman–Crippen MR) is 133 cm³/mol. The quantitative estimate of drug-likeness (QED) is 0.420. The summed E-state index contributed by atoms with van der Waals surface area (Å²) in [6, 6.07) is 15.4. The van der Waals surface area contributed by atoms with Crippen molar-refractivity contribution in [3.05, 3.63) is 86.6 Å². The monoisotopic (exact) mass is 475 g/mol. The first-order valence-electron chi connectivity index (χ1n) is 10.8. The molecule has 180 valence electrons. The molecule has 2 aromatic carbocycles. The molecule has 0 fully saturated rings. The summed E-state index contributed by atoms with van der Waals surface area (Å²) >= 11 is 0. The number of H-pyrrole nitrogens is 1. The van der Waals surface area contributed by atoms with E-state index in [-0.39, 0.29) is 28.5 Å². The molecule has 0 aliphatic carbocycles. The molecular formula is C25H25N5O5. The number of fused-ring (bicyclic) bond motifs is 1. The molecule has 35 heavy (non-hydrogen) atoms. The molecule has 2 heterocycles.